The number of esters is 1. The molecule has 0 bridgehead atoms. The first-order valence-electron chi connectivity index (χ1n) is 17.2. The van der Waals surface area contributed by atoms with E-state index in [2.05, 4.69) is 102 Å². The molecular formula is C42H39N5O3S2. The van der Waals surface area contributed by atoms with Crippen LogP contribution >= 0.6 is 23.1 Å². The minimum Gasteiger partial charge on any atom is -0.469 e. The average molecular weight is 726 g/mol. The van der Waals surface area contributed by atoms with Gasteiger partial charge in [0, 0.05) is 38.8 Å². The molecule has 262 valence electrons. The first-order chi connectivity index (χ1) is 25.3. The fourth-order valence-corrected chi connectivity index (χ4v) is 8.50. The van der Waals surface area contributed by atoms with Crippen LogP contribution in [0, 0.1) is 20.8 Å². The highest BCUT2D eigenvalue weighted by atomic mass is 32.2. The second-order valence-corrected chi connectivity index (χ2v) is 15.0. The molecule has 0 spiro atoms. The highest BCUT2D eigenvalue weighted by Crippen LogP contribution is 2.40. The number of aliphatic imine (C=N–C) groups is 1. The number of rotatable bonds is 11. The lowest BCUT2D eigenvalue weighted by molar-refractivity contribution is -0.141. The van der Waals surface area contributed by atoms with E-state index in [1.807, 2.05) is 53.6 Å². The normalized spacial score (nSPS) is 13.5. The topological polar surface area (TPSA) is 98.5 Å². The van der Waals surface area contributed by atoms with Crippen molar-refractivity contribution < 1.29 is 14.3 Å². The number of hydrogen-bond acceptors (Lipinski definition) is 8. The maximum Gasteiger partial charge on any atom is 0.308 e. The van der Waals surface area contributed by atoms with Crippen LogP contribution in [0.4, 0.5) is 0 Å². The zero-order chi connectivity index (χ0) is 36.2. The van der Waals surface area contributed by atoms with Crippen molar-refractivity contribution in [2.45, 2.75) is 50.3 Å². The summed E-state index contributed by atoms with van der Waals surface area (Å²) in [4.78, 5) is 33.0. The Kier molecular flexibility index (Phi) is 10.5. The smallest absolute Gasteiger partial charge is 0.308 e. The molecule has 3 heterocycles. The van der Waals surface area contributed by atoms with Crippen LogP contribution in [0.2, 0.25) is 0 Å². The molecule has 0 fully saturated rings. The third-order valence-corrected chi connectivity index (χ3v) is 11.6. The third kappa shape index (κ3) is 7.49. The van der Waals surface area contributed by atoms with Gasteiger partial charge < -0.3 is 10.1 Å². The number of aryl methyl sites for hydroxylation is 2. The molecule has 7 rings (SSSR count). The van der Waals surface area contributed by atoms with E-state index in [-0.39, 0.29) is 18.3 Å². The molecule has 10 heteroatoms. The zero-order valence-electron chi connectivity index (χ0n) is 29.6. The van der Waals surface area contributed by atoms with Crippen LogP contribution in [0.5, 0.6) is 0 Å². The largest absolute Gasteiger partial charge is 0.469 e. The molecule has 0 saturated carbocycles. The Morgan fingerprint density at radius 3 is 2.27 bits per heavy atom. The fraction of sp³-hybridized carbons (Fsp3) is 0.214. The molecule has 1 atom stereocenters. The summed E-state index contributed by atoms with van der Waals surface area (Å²) in [5.74, 6) is 1.85. The Labute approximate surface area is 312 Å². The minimum absolute atomic E-state index is 0.0602. The van der Waals surface area contributed by atoms with Crippen molar-refractivity contribution >= 4 is 40.7 Å². The van der Waals surface area contributed by atoms with Crippen molar-refractivity contribution in [1.82, 2.24) is 20.1 Å². The van der Waals surface area contributed by atoms with Crippen LogP contribution in [-0.4, -0.2) is 46.0 Å². The van der Waals surface area contributed by atoms with Gasteiger partial charge in [0.2, 0.25) is 0 Å². The monoisotopic (exact) mass is 725 g/mol. The Morgan fingerprint density at radius 2 is 1.54 bits per heavy atom. The van der Waals surface area contributed by atoms with E-state index in [0.717, 1.165) is 56.5 Å². The number of nitrogens with zero attached hydrogens (tertiary/aromatic N) is 4. The predicted octanol–water partition coefficient (Wildman–Crippen LogP) is 8.64. The van der Waals surface area contributed by atoms with Crippen LogP contribution in [0.1, 0.15) is 67.2 Å². The molecule has 0 saturated heterocycles. The number of thiophene rings is 1. The standard InChI is InChI=1S/C42H39N5O3S2/c1-26-27(2)52-42-38(26)39(44-36(24-37(48)50-4)40-46-45-28(3)47(40)42)33-17-13-31(14-18-33)32-15-19-34(20-16-32)41(49)43-22-21-29-11-8-12-35(23-29)51-25-30-9-6-5-7-10-30/h5-20,23,36H,21-22,24-25H2,1-4H3,(H,43,49)/t36-/m0/s1. The van der Waals surface area contributed by atoms with Crippen molar-refractivity contribution in [3.63, 3.8) is 0 Å². The summed E-state index contributed by atoms with van der Waals surface area (Å²) in [6.07, 6.45) is 0.820. The number of benzene rings is 4. The van der Waals surface area contributed by atoms with E-state index in [9.17, 15) is 9.59 Å². The van der Waals surface area contributed by atoms with Gasteiger partial charge in [0.1, 0.15) is 16.9 Å². The average Bonchev–Trinajstić information content (AvgIpc) is 3.65. The SMILES string of the molecule is COC(=O)C[C@@H]1N=C(c2ccc(-c3ccc(C(=O)NCCc4cccc(SCc5ccccc5)c4)cc3)cc2)c2c(sc(C)c2C)-n2c(C)nnc21. The molecule has 4 aromatic carbocycles. The van der Waals surface area contributed by atoms with Crippen LogP contribution in [0.3, 0.4) is 0 Å². The summed E-state index contributed by atoms with van der Waals surface area (Å²) in [7, 11) is 1.39. The molecule has 2 aromatic heterocycles. The van der Waals surface area contributed by atoms with E-state index < -0.39 is 6.04 Å². The first-order valence-corrected chi connectivity index (χ1v) is 19.0. The zero-order valence-corrected chi connectivity index (χ0v) is 31.2. The molecule has 0 unspecified atom stereocenters. The first kappa shape index (κ1) is 35.1. The predicted molar refractivity (Wildman–Crippen MR) is 209 cm³/mol. The van der Waals surface area contributed by atoms with Crippen molar-refractivity contribution in [3.05, 3.63) is 153 Å². The second kappa shape index (κ2) is 15.5. The van der Waals surface area contributed by atoms with Gasteiger partial charge in [0.05, 0.1) is 19.2 Å². The van der Waals surface area contributed by atoms with Crippen LogP contribution in [-0.2, 0) is 21.7 Å². The number of aromatic nitrogens is 3. The molecule has 1 amide bonds. The quantitative estimate of drug-likeness (QED) is 0.106. The number of ether oxygens (including phenoxy) is 1. The molecular weight excluding hydrogens is 687 g/mol. The van der Waals surface area contributed by atoms with Gasteiger partial charge in [0.25, 0.3) is 5.91 Å². The molecule has 1 N–H and O–H groups in total. The number of carbonyl (C=O) groups excluding carboxylic acids is 2. The van der Waals surface area contributed by atoms with Crippen LogP contribution in [0.25, 0.3) is 16.1 Å². The minimum atomic E-state index is -0.546. The van der Waals surface area contributed by atoms with Crippen LogP contribution in [0.15, 0.2) is 113 Å². The lowest BCUT2D eigenvalue weighted by Gasteiger charge is -2.12. The van der Waals surface area contributed by atoms with E-state index in [1.165, 1.54) is 28.0 Å². The molecule has 52 heavy (non-hydrogen) atoms. The van der Waals surface area contributed by atoms with Gasteiger partial charge in [-0.2, -0.15) is 0 Å². The molecule has 0 radical (unpaired) electrons. The molecule has 1 aliphatic rings. The van der Waals surface area contributed by atoms with E-state index in [1.54, 1.807) is 11.3 Å². The van der Waals surface area contributed by atoms with Gasteiger partial charge in [-0.05, 0) is 79.3 Å². The van der Waals surface area contributed by atoms with Crippen molar-refractivity contribution in [1.29, 1.82) is 0 Å². The van der Waals surface area contributed by atoms with Gasteiger partial charge in [-0.3, -0.25) is 19.1 Å². The lowest BCUT2D eigenvalue weighted by atomic mass is 9.96. The molecule has 0 aliphatic carbocycles. The Morgan fingerprint density at radius 1 is 0.846 bits per heavy atom. The van der Waals surface area contributed by atoms with Crippen molar-refractivity contribution in [3.8, 4) is 16.1 Å². The van der Waals surface area contributed by atoms with Gasteiger partial charge >= 0.3 is 5.97 Å². The van der Waals surface area contributed by atoms with E-state index >= 15 is 0 Å². The maximum atomic E-state index is 13.0. The highest BCUT2D eigenvalue weighted by Gasteiger charge is 2.32. The van der Waals surface area contributed by atoms with Crippen LogP contribution < -0.4 is 5.32 Å². The Balaban J connectivity index is 1.03. The number of hydrogen-bond donors (Lipinski definition) is 1. The maximum absolute atomic E-state index is 13.0. The molecule has 8 nitrogen and oxygen atoms in total. The number of fused-ring (bicyclic) bond motifs is 3. The summed E-state index contributed by atoms with van der Waals surface area (Å²) in [6.45, 7) is 6.69. The lowest BCUT2D eigenvalue weighted by Crippen LogP contribution is -2.25. The summed E-state index contributed by atoms with van der Waals surface area (Å²) in [5.41, 5.74) is 9.06. The summed E-state index contributed by atoms with van der Waals surface area (Å²) >= 11 is 3.50. The number of amides is 1. The highest BCUT2D eigenvalue weighted by molar-refractivity contribution is 7.98. The summed E-state index contributed by atoms with van der Waals surface area (Å²) < 4.78 is 7.05. The van der Waals surface area contributed by atoms with E-state index in [4.69, 9.17) is 9.73 Å². The molecule has 6 aromatic rings. The van der Waals surface area contributed by atoms with Gasteiger partial charge in [-0.1, -0.05) is 78.9 Å². The number of thioether (sulfide) groups is 1. The number of methoxy groups -OCH3 is 1. The Hall–Kier alpha value is -5.32. The Bertz CT molecular complexity index is 2260. The van der Waals surface area contributed by atoms with Gasteiger partial charge in [-0.15, -0.1) is 33.3 Å². The van der Waals surface area contributed by atoms with Gasteiger partial charge in [0.15, 0.2) is 5.82 Å². The summed E-state index contributed by atoms with van der Waals surface area (Å²) in [6, 6.07) is 34.4. The van der Waals surface area contributed by atoms with Crippen molar-refractivity contribution in [2.24, 2.45) is 4.99 Å². The molecule has 1 aliphatic heterocycles. The number of nitrogens with one attached hydrogen (secondary N) is 1. The van der Waals surface area contributed by atoms with Gasteiger partial charge in [-0.25, -0.2) is 0 Å². The second-order valence-electron chi connectivity index (χ2n) is 12.8. The van der Waals surface area contributed by atoms with Crippen molar-refractivity contribution in [2.75, 3.05) is 13.7 Å². The fourth-order valence-electron chi connectivity index (χ4n) is 6.35. The van der Waals surface area contributed by atoms with E-state index in [0.29, 0.717) is 17.9 Å². The number of carbonyl (C=O) groups is 2. The summed E-state index contributed by atoms with van der Waals surface area (Å²) in [5, 5.41) is 12.9. The third-order valence-electron chi connectivity index (χ3n) is 9.31.